The Bertz CT molecular complexity index is 912. The fourth-order valence-corrected chi connectivity index (χ4v) is 3.53. The number of non-ortho nitro benzene ring substituents is 1. The van der Waals surface area contributed by atoms with Crippen molar-refractivity contribution in [3.8, 4) is 0 Å². The van der Waals surface area contributed by atoms with E-state index < -0.39 is 4.92 Å². The van der Waals surface area contributed by atoms with Crippen molar-refractivity contribution in [2.75, 3.05) is 11.1 Å². The summed E-state index contributed by atoms with van der Waals surface area (Å²) in [5.41, 5.74) is 0.630. The first-order chi connectivity index (χ1) is 11.5. The number of amides is 1. The molecule has 2 aromatic carbocycles. The zero-order valence-electron chi connectivity index (χ0n) is 12.1. The first kappa shape index (κ1) is 16.3. The van der Waals surface area contributed by atoms with Crippen molar-refractivity contribution in [3.05, 3.63) is 58.4 Å². The summed E-state index contributed by atoms with van der Waals surface area (Å²) >= 11 is 2.46. The Kier molecular flexibility index (Phi) is 4.72. The molecule has 0 bridgehead atoms. The van der Waals surface area contributed by atoms with Crippen LogP contribution in [0.3, 0.4) is 0 Å². The second-order valence-electron chi connectivity index (χ2n) is 4.72. The van der Waals surface area contributed by atoms with E-state index in [1.54, 1.807) is 18.2 Å². The van der Waals surface area contributed by atoms with Gasteiger partial charge in [0.05, 0.1) is 20.9 Å². The van der Waals surface area contributed by atoms with Crippen LogP contribution in [0.5, 0.6) is 0 Å². The molecule has 122 valence electrons. The lowest BCUT2D eigenvalue weighted by atomic mass is 10.3. The van der Waals surface area contributed by atoms with Crippen LogP contribution in [0.1, 0.15) is 0 Å². The number of thioether (sulfide) groups is 1. The van der Waals surface area contributed by atoms with E-state index in [4.69, 9.17) is 0 Å². The van der Waals surface area contributed by atoms with E-state index >= 15 is 0 Å². The number of carbonyl (C=O) groups excluding carboxylic acids is 1. The topological polar surface area (TPSA) is 85.1 Å². The van der Waals surface area contributed by atoms with E-state index in [2.05, 4.69) is 10.3 Å². The third-order valence-corrected chi connectivity index (χ3v) is 4.96. The summed E-state index contributed by atoms with van der Waals surface area (Å²) in [5, 5.41) is 13.7. The molecule has 9 heteroatoms. The summed E-state index contributed by atoms with van der Waals surface area (Å²) in [6.07, 6.45) is 0. The lowest BCUT2D eigenvalue weighted by molar-refractivity contribution is -0.384. The Morgan fingerprint density at radius 1 is 1.29 bits per heavy atom. The maximum absolute atomic E-state index is 13.1. The molecule has 6 nitrogen and oxygen atoms in total. The van der Waals surface area contributed by atoms with Gasteiger partial charge in [0.25, 0.3) is 5.69 Å². The molecule has 1 aromatic heterocycles. The van der Waals surface area contributed by atoms with Gasteiger partial charge in [-0.25, -0.2) is 9.37 Å². The highest BCUT2D eigenvalue weighted by atomic mass is 32.2. The molecule has 0 aliphatic carbocycles. The molecule has 3 rings (SSSR count). The molecule has 1 N–H and O–H groups in total. The number of halogens is 1. The number of nitro benzene ring substituents is 1. The molecule has 0 radical (unpaired) electrons. The summed E-state index contributed by atoms with van der Waals surface area (Å²) in [5.74, 6) is -0.460. The average Bonchev–Trinajstić information content (AvgIpc) is 2.94. The van der Waals surface area contributed by atoms with Crippen LogP contribution in [0.2, 0.25) is 0 Å². The van der Waals surface area contributed by atoms with Crippen LogP contribution in [0, 0.1) is 15.9 Å². The minimum Gasteiger partial charge on any atom is -0.301 e. The SMILES string of the molecule is O=C(CSc1ccc([N+](=O)[O-])cc1)Nc1nc2ccc(F)cc2s1. The number of anilines is 1. The standard InChI is InChI=1S/C15H10FN3O3S2/c16-9-1-6-12-13(7-9)24-15(17-12)18-14(20)8-23-11-4-2-10(3-5-11)19(21)22/h1-7H,8H2,(H,17,18,20). The lowest BCUT2D eigenvalue weighted by Crippen LogP contribution is -2.13. The van der Waals surface area contributed by atoms with Crippen LogP contribution in [-0.4, -0.2) is 21.6 Å². The normalized spacial score (nSPS) is 10.7. The maximum atomic E-state index is 13.1. The molecule has 0 atom stereocenters. The van der Waals surface area contributed by atoms with Gasteiger partial charge in [-0.15, -0.1) is 11.8 Å². The number of fused-ring (bicyclic) bond motifs is 1. The minimum atomic E-state index is -0.475. The van der Waals surface area contributed by atoms with Crippen molar-refractivity contribution in [2.45, 2.75) is 4.90 Å². The van der Waals surface area contributed by atoms with E-state index in [1.165, 1.54) is 47.4 Å². The summed E-state index contributed by atoms with van der Waals surface area (Å²) in [6.45, 7) is 0. The number of hydrogen-bond donors (Lipinski definition) is 1. The number of carbonyl (C=O) groups is 1. The molecule has 24 heavy (non-hydrogen) atoms. The smallest absolute Gasteiger partial charge is 0.269 e. The van der Waals surface area contributed by atoms with E-state index in [1.807, 2.05) is 0 Å². The number of nitro groups is 1. The third kappa shape index (κ3) is 3.87. The third-order valence-electron chi connectivity index (χ3n) is 3.01. The molecular weight excluding hydrogens is 353 g/mol. The molecule has 0 aliphatic heterocycles. The van der Waals surface area contributed by atoms with Crippen LogP contribution in [0.25, 0.3) is 10.2 Å². The van der Waals surface area contributed by atoms with Crippen LogP contribution in [0.4, 0.5) is 15.2 Å². The second kappa shape index (κ2) is 6.93. The van der Waals surface area contributed by atoms with E-state index in [0.29, 0.717) is 15.3 Å². The molecule has 1 heterocycles. The maximum Gasteiger partial charge on any atom is 0.269 e. The Morgan fingerprint density at radius 2 is 2.04 bits per heavy atom. The number of nitrogens with zero attached hydrogens (tertiary/aromatic N) is 2. The minimum absolute atomic E-state index is 0.00510. The fraction of sp³-hybridized carbons (Fsp3) is 0.0667. The number of rotatable bonds is 5. The summed E-state index contributed by atoms with van der Waals surface area (Å²) in [7, 11) is 0. The van der Waals surface area contributed by atoms with E-state index in [0.717, 1.165) is 4.90 Å². The first-order valence-electron chi connectivity index (χ1n) is 6.74. The molecule has 0 aliphatic rings. The van der Waals surface area contributed by atoms with Gasteiger partial charge < -0.3 is 5.32 Å². The van der Waals surface area contributed by atoms with Crippen molar-refractivity contribution in [3.63, 3.8) is 0 Å². The molecule has 0 spiro atoms. The largest absolute Gasteiger partial charge is 0.301 e. The van der Waals surface area contributed by atoms with Crippen molar-refractivity contribution >= 4 is 50.0 Å². The molecule has 0 saturated carbocycles. The van der Waals surface area contributed by atoms with Crippen molar-refractivity contribution in [1.29, 1.82) is 0 Å². The first-order valence-corrected chi connectivity index (χ1v) is 8.55. The van der Waals surface area contributed by atoms with Gasteiger partial charge in [0, 0.05) is 17.0 Å². The molecule has 0 fully saturated rings. The van der Waals surface area contributed by atoms with Crippen LogP contribution in [0.15, 0.2) is 47.4 Å². The Labute approximate surface area is 143 Å². The number of aromatic nitrogens is 1. The van der Waals surface area contributed by atoms with Crippen molar-refractivity contribution < 1.29 is 14.1 Å². The second-order valence-corrected chi connectivity index (χ2v) is 6.80. The van der Waals surface area contributed by atoms with Crippen LogP contribution >= 0.6 is 23.1 Å². The zero-order chi connectivity index (χ0) is 17.1. The van der Waals surface area contributed by atoms with Crippen LogP contribution in [-0.2, 0) is 4.79 Å². The Balaban J connectivity index is 1.59. The number of nitrogens with one attached hydrogen (secondary N) is 1. The zero-order valence-corrected chi connectivity index (χ0v) is 13.7. The highest BCUT2D eigenvalue weighted by Gasteiger charge is 2.10. The Hall–Kier alpha value is -2.52. The van der Waals surface area contributed by atoms with Gasteiger partial charge in [-0.3, -0.25) is 14.9 Å². The molecule has 0 unspecified atom stereocenters. The molecule has 1 amide bonds. The number of benzene rings is 2. The van der Waals surface area contributed by atoms with Gasteiger partial charge in [0.2, 0.25) is 5.91 Å². The lowest BCUT2D eigenvalue weighted by Gasteiger charge is -2.02. The van der Waals surface area contributed by atoms with Crippen molar-refractivity contribution in [1.82, 2.24) is 4.98 Å². The van der Waals surface area contributed by atoms with E-state index in [9.17, 15) is 19.3 Å². The highest BCUT2D eigenvalue weighted by Crippen LogP contribution is 2.27. The summed E-state index contributed by atoms with van der Waals surface area (Å²) < 4.78 is 13.8. The predicted octanol–water partition coefficient (Wildman–Crippen LogP) is 4.07. The predicted molar refractivity (Wildman–Crippen MR) is 92.0 cm³/mol. The quantitative estimate of drug-likeness (QED) is 0.419. The molecular formula is C15H10FN3O3S2. The van der Waals surface area contributed by atoms with Crippen molar-refractivity contribution in [2.24, 2.45) is 0 Å². The van der Waals surface area contributed by atoms with Crippen LogP contribution < -0.4 is 5.32 Å². The van der Waals surface area contributed by atoms with Gasteiger partial charge in [-0.1, -0.05) is 11.3 Å². The van der Waals surface area contributed by atoms with Gasteiger partial charge in [0.1, 0.15) is 5.82 Å². The Morgan fingerprint density at radius 3 is 2.75 bits per heavy atom. The monoisotopic (exact) mass is 363 g/mol. The fourth-order valence-electron chi connectivity index (χ4n) is 1.92. The number of thiazole rings is 1. The van der Waals surface area contributed by atoms with E-state index in [-0.39, 0.29) is 23.2 Å². The summed E-state index contributed by atoms with van der Waals surface area (Å²) in [4.78, 5) is 27.0. The number of hydrogen-bond acceptors (Lipinski definition) is 6. The summed E-state index contributed by atoms with van der Waals surface area (Å²) in [6, 6.07) is 10.2. The molecule has 0 saturated heterocycles. The highest BCUT2D eigenvalue weighted by molar-refractivity contribution is 8.00. The van der Waals surface area contributed by atoms with Gasteiger partial charge in [0.15, 0.2) is 5.13 Å². The average molecular weight is 363 g/mol. The molecule has 3 aromatic rings. The van der Waals surface area contributed by atoms with Gasteiger partial charge >= 0.3 is 0 Å². The van der Waals surface area contributed by atoms with Gasteiger partial charge in [-0.2, -0.15) is 0 Å². The van der Waals surface area contributed by atoms with Gasteiger partial charge in [-0.05, 0) is 30.3 Å².